The van der Waals surface area contributed by atoms with E-state index < -0.39 is 17.6 Å². The number of aryl methyl sites for hydroxylation is 1. The Balaban J connectivity index is 2.05. The van der Waals surface area contributed by atoms with Crippen LogP contribution < -0.4 is 11.2 Å². The van der Waals surface area contributed by atoms with Crippen molar-refractivity contribution >= 4 is 17.1 Å². The number of carbonyl (C=O) groups excluding carboxylic acids is 1. The summed E-state index contributed by atoms with van der Waals surface area (Å²) in [6.07, 6.45) is 6.10. The van der Waals surface area contributed by atoms with E-state index in [0.717, 1.165) is 37.7 Å². The number of carbonyl (C=O) groups is 1. The van der Waals surface area contributed by atoms with Gasteiger partial charge in [-0.05, 0) is 45.2 Å². The third-order valence-electron chi connectivity index (χ3n) is 6.15. The first-order valence-electron chi connectivity index (χ1n) is 10.9. The third kappa shape index (κ3) is 3.60. The summed E-state index contributed by atoms with van der Waals surface area (Å²) in [5, 5.41) is 0. The summed E-state index contributed by atoms with van der Waals surface area (Å²) in [5.41, 5.74) is 1.29. The lowest BCUT2D eigenvalue weighted by Gasteiger charge is -2.24. The van der Waals surface area contributed by atoms with E-state index in [1.54, 1.807) is 13.8 Å². The molecule has 2 heterocycles. The molecule has 0 bridgehead atoms. The summed E-state index contributed by atoms with van der Waals surface area (Å²) in [6, 6.07) is 6.63. The largest absolute Gasteiger partial charge is 0.464 e. The topological polar surface area (TPSA) is 88.1 Å². The molecule has 8 heteroatoms. The van der Waals surface area contributed by atoms with E-state index in [4.69, 9.17) is 4.74 Å². The summed E-state index contributed by atoms with van der Waals surface area (Å²) < 4.78 is 9.57. The van der Waals surface area contributed by atoms with Crippen molar-refractivity contribution in [2.24, 2.45) is 0 Å². The maximum absolute atomic E-state index is 13.7. The van der Waals surface area contributed by atoms with Crippen LogP contribution in [-0.2, 0) is 9.53 Å². The lowest BCUT2D eigenvalue weighted by molar-refractivity contribution is -0.146. The predicted molar refractivity (Wildman–Crippen MR) is 118 cm³/mol. The quantitative estimate of drug-likeness (QED) is 0.587. The van der Waals surface area contributed by atoms with E-state index in [-0.39, 0.29) is 29.5 Å². The van der Waals surface area contributed by atoms with E-state index in [1.165, 1.54) is 20.0 Å². The Labute approximate surface area is 180 Å². The van der Waals surface area contributed by atoms with Crippen LogP contribution in [0.25, 0.3) is 16.9 Å². The van der Waals surface area contributed by atoms with Crippen molar-refractivity contribution in [1.29, 1.82) is 0 Å². The molecule has 0 radical (unpaired) electrons. The molecule has 0 aliphatic heterocycles. The minimum absolute atomic E-state index is 0.158. The normalized spacial score (nSPS) is 15.8. The highest BCUT2D eigenvalue weighted by Crippen LogP contribution is 2.27. The Kier molecular flexibility index (Phi) is 5.80. The molecule has 1 unspecified atom stereocenters. The second kappa shape index (κ2) is 8.53. The third-order valence-corrected chi connectivity index (χ3v) is 6.15. The summed E-state index contributed by atoms with van der Waals surface area (Å²) >= 11 is 0. The molecule has 0 saturated heterocycles. The first kappa shape index (κ1) is 21.1. The van der Waals surface area contributed by atoms with Crippen molar-refractivity contribution in [2.45, 2.75) is 65.0 Å². The number of aromatic nitrogens is 4. The molecule has 4 rings (SSSR count). The highest BCUT2D eigenvalue weighted by atomic mass is 16.5. The smallest absolute Gasteiger partial charge is 0.337 e. The van der Waals surface area contributed by atoms with Crippen LogP contribution in [0.1, 0.15) is 63.6 Å². The Morgan fingerprint density at radius 1 is 1.19 bits per heavy atom. The first-order chi connectivity index (χ1) is 15.0. The number of imidazole rings is 1. The van der Waals surface area contributed by atoms with Crippen LogP contribution in [0.5, 0.6) is 0 Å². The SMILES string of the molecule is CCOC(=O)C(C)n1cnc2c1c(=O)n(C1CCCCC1)c(=O)n2-c1ccccc1C. The van der Waals surface area contributed by atoms with E-state index in [1.807, 2.05) is 31.2 Å². The molecule has 1 saturated carbocycles. The number of para-hydroxylation sites is 1. The summed E-state index contributed by atoms with van der Waals surface area (Å²) in [7, 11) is 0. The van der Waals surface area contributed by atoms with Gasteiger partial charge in [0.1, 0.15) is 6.04 Å². The van der Waals surface area contributed by atoms with Gasteiger partial charge in [0.25, 0.3) is 5.56 Å². The minimum atomic E-state index is -0.736. The Morgan fingerprint density at radius 3 is 2.58 bits per heavy atom. The molecule has 1 fully saturated rings. The van der Waals surface area contributed by atoms with Crippen molar-refractivity contribution in [1.82, 2.24) is 18.7 Å². The maximum Gasteiger partial charge on any atom is 0.337 e. The van der Waals surface area contributed by atoms with E-state index in [2.05, 4.69) is 4.98 Å². The van der Waals surface area contributed by atoms with Gasteiger partial charge < -0.3 is 9.30 Å². The molecule has 3 aromatic rings. The van der Waals surface area contributed by atoms with Crippen LogP contribution >= 0.6 is 0 Å². The molecule has 1 aliphatic carbocycles. The van der Waals surface area contributed by atoms with Crippen LogP contribution in [-0.4, -0.2) is 31.3 Å². The van der Waals surface area contributed by atoms with Gasteiger partial charge in [-0.15, -0.1) is 0 Å². The zero-order chi connectivity index (χ0) is 22.1. The lowest BCUT2D eigenvalue weighted by Crippen LogP contribution is -2.43. The summed E-state index contributed by atoms with van der Waals surface area (Å²) in [6.45, 7) is 5.58. The molecular weight excluding hydrogens is 396 g/mol. The fraction of sp³-hybridized carbons (Fsp3) is 0.478. The highest BCUT2D eigenvalue weighted by molar-refractivity contribution is 5.79. The number of fused-ring (bicyclic) bond motifs is 1. The Bertz CT molecular complexity index is 1230. The van der Waals surface area contributed by atoms with E-state index in [0.29, 0.717) is 5.69 Å². The molecule has 164 valence electrons. The number of rotatable bonds is 5. The zero-order valence-electron chi connectivity index (χ0n) is 18.2. The monoisotopic (exact) mass is 424 g/mol. The summed E-state index contributed by atoms with van der Waals surface area (Å²) in [4.78, 5) is 44.1. The van der Waals surface area contributed by atoms with Crippen LogP contribution in [0.2, 0.25) is 0 Å². The van der Waals surface area contributed by atoms with Gasteiger partial charge in [-0.25, -0.2) is 19.1 Å². The number of nitrogens with zero attached hydrogens (tertiary/aromatic N) is 4. The molecule has 8 nitrogen and oxygen atoms in total. The average molecular weight is 425 g/mol. The highest BCUT2D eigenvalue weighted by Gasteiger charge is 2.28. The van der Waals surface area contributed by atoms with E-state index in [9.17, 15) is 14.4 Å². The zero-order valence-corrected chi connectivity index (χ0v) is 18.2. The molecule has 1 atom stereocenters. The number of benzene rings is 1. The molecule has 31 heavy (non-hydrogen) atoms. The van der Waals surface area contributed by atoms with Gasteiger partial charge >= 0.3 is 11.7 Å². The van der Waals surface area contributed by atoms with Crippen LogP contribution in [0.3, 0.4) is 0 Å². The van der Waals surface area contributed by atoms with Gasteiger partial charge in [0.15, 0.2) is 11.2 Å². The minimum Gasteiger partial charge on any atom is -0.464 e. The molecule has 0 spiro atoms. The van der Waals surface area contributed by atoms with Gasteiger partial charge in [-0.2, -0.15) is 0 Å². The molecule has 0 N–H and O–H groups in total. The number of esters is 1. The fourth-order valence-corrected chi connectivity index (χ4v) is 4.48. The van der Waals surface area contributed by atoms with Crippen LogP contribution in [0, 0.1) is 6.92 Å². The standard InChI is InChI=1S/C23H28N4O4/c1-4-31-22(29)16(3)25-14-24-20-19(25)21(28)26(17-11-6-5-7-12-17)23(30)27(20)18-13-9-8-10-15(18)2/h8-10,13-14,16-17H,4-7,11-12H2,1-3H3. The average Bonchev–Trinajstić information content (AvgIpc) is 3.20. The number of hydrogen-bond donors (Lipinski definition) is 0. The van der Waals surface area contributed by atoms with Gasteiger partial charge in [-0.3, -0.25) is 9.36 Å². The van der Waals surface area contributed by atoms with Crippen molar-refractivity contribution < 1.29 is 9.53 Å². The van der Waals surface area contributed by atoms with Crippen molar-refractivity contribution in [2.75, 3.05) is 6.61 Å². The number of ether oxygens (including phenoxy) is 1. The molecule has 2 aromatic heterocycles. The van der Waals surface area contributed by atoms with Gasteiger partial charge in [0.05, 0.1) is 18.6 Å². The second-order valence-electron chi connectivity index (χ2n) is 8.12. The molecule has 1 aromatic carbocycles. The van der Waals surface area contributed by atoms with Gasteiger partial charge in [0.2, 0.25) is 0 Å². The van der Waals surface area contributed by atoms with Crippen LogP contribution in [0.4, 0.5) is 0 Å². The van der Waals surface area contributed by atoms with Gasteiger partial charge in [0, 0.05) is 6.04 Å². The molecule has 1 aliphatic rings. The maximum atomic E-state index is 13.7. The molecule has 0 amide bonds. The fourth-order valence-electron chi connectivity index (χ4n) is 4.48. The van der Waals surface area contributed by atoms with E-state index >= 15 is 0 Å². The first-order valence-corrected chi connectivity index (χ1v) is 10.9. The van der Waals surface area contributed by atoms with Gasteiger partial charge in [-0.1, -0.05) is 37.5 Å². The van der Waals surface area contributed by atoms with Crippen molar-refractivity contribution in [3.8, 4) is 5.69 Å². The van der Waals surface area contributed by atoms with Crippen molar-refractivity contribution in [3.05, 3.63) is 57.0 Å². The second-order valence-corrected chi connectivity index (χ2v) is 8.12. The Morgan fingerprint density at radius 2 is 1.90 bits per heavy atom. The van der Waals surface area contributed by atoms with Crippen LogP contribution in [0.15, 0.2) is 40.2 Å². The lowest BCUT2D eigenvalue weighted by atomic mass is 9.95. The molecular formula is C23H28N4O4. The van der Waals surface area contributed by atoms with Crippen molar-refractivity contribution in [3.63, 3.8) is 0 Å². The Hall–Kier alpha value is -3.16. The predicted octanol–water partition coefficient (Wildman–Crippen LogP) is 3.29. The summed E-state index contributed by atoms with van der Waals surface area (Å²) in [5.74, 6) is -0.445. The number of hydrogen-bond acceptors (Lipinski definition) is 5.